The quantitative estimate of drug-likeness (QED) is 0.671. The Morgan fingerprint density at radius 1 is 1.31 bits per heavy atom. The molecule has 0 aromatic carbocycles. The van der Waals surface area contributed by atoms with Gasteiger partial charge < -0.3 is 4.48 Å². The summed E-state index contributed by atoms with van der Waals surface area (Å²) in [6.45, 7) is 14.4. The highest BCUT2D eigenvalue weighted by molar-refractivity contribution is 6.83. The van der Waals surface area contributed by atoms with E-state index in [0.29, 0.717) is 5.04 Å². The van der Waals surface area contributed by atoms with Crippen LogP contribution in [0.1, 0.15) is 40.5 Å². The van der Waals surface area contributed by atoms with Gasteiger partial charge in [-0.1, -0.05) is 58.8 Å². The fourth-order valence-electron chi connectivity index (χ4n) is 1.91. The summed E-state index contributed by atoms with van der Waals surface area (Å²) in [4.78, 5) is 0. The molecule has 0 N–H and O–H groups in total. The molecule has 0 unspecified atom stereocenters. The Kier molecular flexibility index (Phi) is 4.11. The van der Waals surface area contributed by atoms with Crippen LogP contribution in [0.25, 0.3) is 0 Å². The Balaban J connectivity index is 2.79. The van der Waals surface area contributed by atoms with Crippen molar-refractivity contribution in [3.63, 3.8) is 0 Å². The van der Waals surface area contributed by atoms with Gasteiger partial charge in [-0.05, 0) is 23.7 Å². The average molecular weight is 235 g/mol. The molecule has 3 heteroatoms. The first-order valence-electron chi connectivity index (χ1n) is 6.42. The summed E-state index contributed by atoms with van der Waals surface area (Å²) in [6.07, 6.45) is 9.33. The van der Waals surface area contributed by atoms with Crippen molar-refractivity contribution in [2.75, 3.05) is 0 Å². The molecule has 1 rings (SSSR count). The van der Waals surface area contributed by atoms with Crippen LogP contribution in [0.5, 0.6) is 0 Å². The zero-order chi connectivity index (χ0) is 12.4. The number of hydrogen-bond donors (Lipinski definition) is 0. The minimum atomic E-state index is -1.37. The Bertz CT molecular complexity index is 300. The summed E-state index contributed by atoms with van der Waals surface area (Å²) in [5.41, 5.74) is 1.59. The van der Waals surface area contributed by atoms with Crippen molar-refractivity contribution in [3.05, 3.63) is 23.8 Å². The number of allylic oxidation sites excluding steroid dienone is 3. The maximum Gasteiger partial charge on any atom is 0.256 e. The average Bonchev–Trinajstić information content (AvgIpc) is 2.17. The molecule has 1 heterocycles. The third-order valence-electron chi connectivity index (χ3n) is 4.10. The highest BCUT2D eigenvalue weighted by Gasteiger charge is 2.40. The lowest BCUT2D eigenvalue weighted by atomic mass is 9.77. The van der Waals surface area contributed by atoms with Crippen molar-refractivity contribution >= 4 is 15.6 Å². The lowest BCUT2D eigenvalue weighted by molar-refractivity contribution is 0.655. The molecule has 0 radical (unpaired) electrons. The van der Waals surface area contributed by atoms with Gasteiger partial charge in [0.1, 0.15) is 8.24 Å². The largest absolute Gasteiger partial charge is 0.447 e. The van der Waals surface area contributed by atoms with Crippen molar-refractivity contribution in [3.8, 4) is 0 Å². The number of nitrogens with zero attached hydrogens (tertiary/aromatic N) is 1. The second-order valence-corrected chi connectivity index (χ2v) is 11.5. The van der Waals surface area contributed by atoms with Gasteiger partial charge in [-0.15, -0.1) is 0 Å². The van der Waals surface area contributed by atoms with Crippen molar-refractivity contribution in [1.29, 1.82) is 0 Å². The standard InChI is InChI=1S/C13H26BNSi/c1-7-9-12-10-8-11-15(14-12)16(5,6)13(2,3)4/h8,10-11,14H,7,9H2,1-6H3. The summed E-state index contributed by atoms with van der Waals surface area (Å²) in [5, 5.41) is 0.423. The lowest BCUT2D eigenvalue weighted by Gasteiger charge is -2.47. The highest BCUT2D eigenvalue weighted by atomic mass is 28.3. The predicted molar refractivity (Wildman–Crippen MR) is 78.3 cm³/mol. The molecule has 0 atom stereocenters. The molecular formula is C13H26BNSi. The van der Waals surface area contributed by atoms with E-state index < -0.39 is 8.24 Å². The van der Waals surface area contributed by atoms with Crippen molar-refractivity contribution in [2.45, 2.75) is 58.7 Å². The van der Waals surface area contributed by atoms with Crippen LogP contribution in [0, 0.1) is 0 Å². The van der Waals surface area contributed by atoms with Crippen molar-refractivity contribution < 1.29 is 0 Å². The minimum absolute atomic E-state index is 0.423. The molecular weight excluding hydrogens is 209 g/mol. The van der Waals surface area contributed by atoms with Crippen LogP contribution in [0.2, 0.25) is 18.1 Å². The first-order valence-corrected chi connectivity index (χ1v) is 9.36. The van der Waals surface area contributed by atoms with E-state index in [2.05, 4.69) is 63.6 Å². The molecule has 1 aliphatic heterocycles. The van der Waals surface area contributed by atoms with E-state index in [1.54, 1.807) is 5.47 Å². The Labute approximate surface area is 103 Å². The normalized spacial score (nSPS) is 17.1. The third kappa shape index (κ3) is 2.82. The van der Waals surface area contributed by atoms with Crippen LogP contribution < -0.4 is 0 Å². The maximum absolute atomic E-state index is 2.62. The molecule has 1 aliphatic rings. The highest BCUT2D eigenvalue weighted by Crippen LogP contribution is 2.38. The lowest BCUT2D eigenvalue weighted by Crippen LogP contribution is -2.54. The summed E-state index contributed by atoms with van der Waals surface area (Å²) < 4.78 is 2.62. The summed E-state index contributed by atoms with van der Waals surface area (Å²) in [7, 11) is -0.216. The molecule has 0 saturated heterocycles. The van der Waals surface area contributed by atoms with Gasteiger partial charge in [0, 0.05) is 0 Å². The van der Waals surface area contributed by atoms with Crippen LogP contribution >= 0.6 is 0 Å². The molecule has 0 bridgehead atoms. The molecule has 16 heavy (non-hydrogen) atoms. The molecule has 0 aromatic rings. The summed E-state index contributed by atoms with van der Waals surface area (Å²) in [6, 6.07) is 0. The fraction of sp³-hybridized carbons (Fsp3) is 0.692. The van der Waals surface area contributed by atoms with Crippen molar-refractivity contribution in [1.82, 2.24) is 4.48 Å². The van der Waals surface area contributed by atoms with Gasteiger partial charge in [-0.25, -0.2) is 0 Å². The predicted octanol–water partition coefficient (Wildman–Crippen LogP) is 3.86. The van der Waals surface area contributed by atoms with Crippen LogP contribution in [0.15, 0.2) is 23.8 Å². The molecule has 0 saturated carbocycles. The second-order valence-electron chi connectivity index (χ2n) is 6.35. The summed E-state index contributed by atoms with van der Waals surface area (Å²) >= 11 is 0. The molecule has 0 fully saturated rings. The van der Waals surface area contributed by atoms with E-state index in [1.807, 2.05) is 0 Å². The molecule has 1 nitrogen and oxygen atoms in total. The monoisotopic (exact) mass is 235 g/mol. The Hall–Kier alpha value is -0.438. The zero-order valence-electron chi connectivity index (χ0n) is 11.8. The summed E-state index contributed by atoms with van der Waals surface area (Å²) in [5.74, 6) is 0. The van der Waals surface area contributed by atoms with E-state index in [4.69, 9.17) is 0 Å². The van der Waals surface area contributed by atoms with Gasteiger partial charge in [-0.3, -0.25) is 0 Å². The number of hydrogen-bond acceptors (Lipinski definition) is 1. The van der Waals surface area contributed by atoms with Gasteiger partial charge in [0.15, 0.2) is 0 Å². The van der Waals surface area contributed by atoms with Gasteiger partial charge in [0.25, 0.3) is 7.41 Å². The SMILES string of the molecule is CCCC1=CC=CN([Si](C)(C)C(C)(C)C)B1. The third-order valence-corrected chi connectivity index (χ3v) is 9.51. The first-order chi connectivity index (χ1) is 7.29. The van der Waals surface area contributed by atoms with Gasteiger partial charge in [0.05, 0.1) is 0 Å². The smallest absolute Gasteiger partial charge is 0.256 e. The van der Waals surface area contributed by atoms with Crippen LogP contribution in [0.4, 0.5) is 0 Å². The fourth-order valence-corrected chi connectivity index (χ4v) is 3.82. The molecule has 0 aromatic heterocycles. The van der Waals surface area contributed by atoms with Crippen molar-refractivity contribution in [2.24, 2.45) is 0 Å². The zero-order valence-corrected chi connectivity index (χ0v) is 12.8. The molecule has 0 amide bonds. The van der Waals surface area contributed by atoms with Crippen LogP contribution in [0.3, 0.4) is 0 Å². The number of rotatable bonds is 3. The Morgan fingerprint density at radius 2 is 1.94 bits per heavy atom. The van der Waals surface area contributed by atoms with Gasteiger partial charge >= 0.3 is 0 Å². The van der Waals surface area contributed by atoms with Gasteiger partial charge in [0.2, 0.25) is 0 Å². The first kappa shape index (κ1) is 13.6. The van der Waals surface area contributed by atoms with E-state index >= 15 is 0 Å². The second kappa shape index (κ2) is 4.82. The van der Waals surface area contributed by atoms with E-state index in [0.717, 1.165) is 7.41 Å². The molecule has 0 spiro atoms. The van der Waals surface area contributed by atoms with Crippen LogP contribution in [-0.4, -0.2) is 20.1 Å². The molecule has 0 aliphatic carbocycles. The topological polar surface area (TPSA) is 3.24 Å². The van der Waals surface area contributed by atoms with E-state index in [1.165, 1.54) is 12.8 Å². The van der Waals surface area contributed by atoms with E-state index in [9.17, 15) is 0 Å². The van der Waals surface area contributed by atoms with Gasteiger partial charge in [-0.2, -0.15) is 0 Å². The minimum Gasteiger partial charge on any atom is -0.447 e. The van der Waals surface area contributed by atoms with Crippen LogP contribution in [-0.2, 0) is 0 Å². The van der Waals surface area contributed by atoms with E-state index in [-0.39, 0.29) is 0 Å². The molecule has 90 valence electrons. The Morgan fingerprint density at radius 3 is 2.44 bits per heavy atom. The maximum atomic E-state index is 2.62.